The van der Waals surface area contributed by atoms with Crippen LogP contribution in [0.1, 0.15) is 33.6 Å². The van der Waals surface area contributed by atoms with Crippen LogP contribution in [0, 0.1) is 0 Å². The zero-order valence-electron chi connectivity index (χ0n) is 11.9. The number of carbonyl (C=O) groups is 1. The molecule has 106 valence electrons. The Morgan fingerprint density at radius 2 is 1.83 bits per heavy atom. The molecule has 1 saturated heterocycles. The molecule has 1 fully saturated rings. The maximum Gasteiger partial charge on any atom is 0.320 e. The second kappa shape index (κ2) is 6.95. The van der Waals surface area contributed by atoms with Gasteiger partial charge in [-0.15, -0.1) is 0 Å². The minimum atomic E-state index is -0.204. The standard InChI is InChI=1S/C13H27N3O2/c1-4-13(5-2,11-14)16(6-3)12(17)15-7-9-18-10-8-15/h4-11,14H2,1-3H3. The zero-order valence-corrected chi connectivity index (χ0v) is 11.9. The average Bonchev–Trinajstić information content (AvgIpc) is 2.45. The Labute approximate surface area is 110 Å². The van der Waals surface area contributed by atoms with E-state index >= 15 is 0 Å². The van der Waals surface area contributed by atoms with Crippen LogP contribution in [-0.2, 0) is 4.74 Å². The van der Waals surface area contributed by atoms with Crippen LogP contribution in [0.15, 0.2) is 0 Å². The fourth-order valence-corrected chi connectivity index (χ4v) is 2.63. The molecule has 0 aliphatic carbocycles. The topological polar surface area (TPSA) is 58.8 Å². The van der Waals surface area contributed by atoms with Crippen molar-refractivity contribution in [2.24, 2.45) is 5.73 Å². The summed E-state index contributed by atoms with van der Waals surface area (Å²) in [5, 5.41) is 0. The van der Waals surface area contributed by atoms with Gasteiger partial charge in [0.15, 0.2) is 0 Å². The van der Waals surface area contributed by atoms with Crippen molar-refractivity contribution in [1.82, 2.24) is 9.80 Å². The number of rotatable bonds is 5. The molecule has 0 radical (unpaired) electrons. The van der Waals surface area contributed by atoms with Crippen molar-refractivity contribution in [1.29, 1.82) is 0 Å². The SMILES string of the molecule is CCN(C(=O)N1CCOCC1)C(CC)(CC)CN. The highest BCUT2D eigenvalue weighted by Gasteiger charge is 2.36. The van der Waals surface area contributed by atoms with Crippen molar-refractivity contribution in [3.63, 3.8) is 0 Å². The van der Waals surface area contributed by atoms with Crippen LogP contribution < -0.4 is 5.73 Å². The van der Waals surface area contributed by atoms with Gasteiger partial charge in [-0.3, -0.25) is 0 Å². The van der Waals surface area contributed by atoms with Gasteiger partial charge in [0.25, 0.3) is 0 Å². The molecule has 1 aliphatic heterocycles. The van der Waals surface area contributed by atoms with Crippen LogP contribution in [0.5, 0.6) is 0 Å². The molecule has 18 heavy (non-hydrogen) atoms. The molecule has 2 N–H and O–H groups in total. The molecule has 1 heterocycles. The summed E-state index contributed by atoms with van der Waals surface area (Å²) in [6.45, 7) is 10.1. The predicted molar refractivity (Wildman–Crippen MR) is 72.5 cm³/mol. The van der Waals surface area contributed by atoms with Crippen molar-refractivity contribution in [2.75, 3.05) is 39.4 Å². The van der Waals surface area contributed by atoms with Gasteiger partial charge in [0.2, 0.25) is 0 Å². The molecular weight excluding hydrogens is 230 g/mol. The normalized spacial score (nSPS) is 16.8. The fraction of sp³-hybridized carbons (Fsp3) is 0.923. The highest BCUT2D eigenvalue weighted by Crippen LogP contribution is 2.24. The molecule has 0 unspecified atom stereocenters. The zero-order chi connectivity index (χ0) is 13.6. The van der Waals surface area contributed by atoms with Gasteiger partial charge in [0, 0.05) is 26.2 Å². The second-order valence-electron chi connectivity index (χ2n) is 4.76. The Bertz CT molecular complexity index is 253. The highest BCUT2D eigenvalue weighted by molar-refractivity contribution is 5.75. The van der Waals surface area contributed by atoms with Crippen molar-refractivity contribution >= 4 is 6.03 Å². The largest absolute Gasteiger partial charge is 0.378 e. The lowest BCUT2D eigenvalue weighted by atomic mass is 9.90. The molecule has 0 aromatic carbocycles. The minimum absolute atomic E-state index is 0.106. The van der Waals surface area contributed by atoms with Crippen LogP contribution in [-0.4, -0.2) is 60.8 Å². The fourth-order valence-electron chi connectivity index (χ4n) is 2.63. The van der Waals surface area contributed by atoms with Gasteiger partial charge < -0.3 is 20.3 Å². The summed E-state index contributed by atoms with van der Waals surface area (Å²) in [5.41, 5.74) is 5.73. The molecule has 5 nitrogen and oxygen atoms in total. The maximum atomic E-state index is 12.6. The lowest BCUT2D eigenvalue weighted by molar-refractivity contribution is 0.0274. The molecule has 0 spiro atoms. The first-order valence-electron chi connectivity index (χ1n) is 6.99. The Hall–Kier alpha value is -0.810. The van der Waals surface area contributed by atoms with E-state index in [1.165, 1.54) is 0 Å². The van der Waals surface area contributed by atoms with Crippen LogP contribution in [0.2, 0.25) is 0 Å². The maximum absolute atomic E-state index is 12.6. The molecule has 1 aliphatic rings. The smallest absolute Gasteiger partial charge is 0.320 e. The van der Waals surface area contributed by atoms with Crippen LogP contribution >= 0.6 is 0 Å². The van der Waals surface area contributed by atoms with Gasteiger partial charge in [-0.2, -0.15) is 0 Å². The van der Waals surface area contributed by atoms with Crippen molar-refractivity contribution in [3.05, 3.63) is 0 Å². The minimum Gasteiger partial charge on any atom is -0.378 e. The summed E-state index contributed by atoms with van der Waals surface area (Å²) in [5.74, 6) is 0. The van der Waals surface area contributed by atoms with Crippen LogP contribution in [0.25, 0.3) is 0 Å². The molecule has 0 bridgehead atoms. The Morgan fingerprint density at radius 1 is 1.28 bits per heavy atom. The lowest BCUT2D eigenvalue weighted by Gasteiger charge is -2.44. The van der Waals surface area contributed by atoms with Gasteiger partial charge in [-0.1, -0.05) is 13.8 Å². The first-order chi connectivity index (χ1) is 8.65. The molecule has 0 aromatic rings. The van der Waals surface area contributed by atoms with E-state index in [0.717, 1.165) is 12.8 Å². The number of nitrogens with two attached hydrogens (primary N) is 1. The number of urea groups is 1. The molecule has 0 aromatic heterocycles. The lowest BCUT2D eigenvalue weighted by Crippen LogP contribution is -2.60. The first-order valence-corrected chi connectivity index (χ1v) is 6.99. The van der Waals surface area contributed by atoms with Gasteiger partial charge >= 0.3 is 6.03 Å². The summed E-state index contributed by atoms with van der Waals surface area (Å²) in [4.78, 5) is 16.4. The number of carbonyl (C=O) groups excluding carboxylic acids is 1. The van der Waals surface area contributed by atoms with Crippen molar-refractivity contribution in [2.45, 2.75) is 39.2 Å². The number of amides is 2. The van der Waals surface area contributed by atoms with Crippen LogP contribution in [0.3, 0.4) is 0 Å². The molecule has 1 rings (SSSR count). The van der Waals surface area contributed by atoms with E-state index in [1.807, 2.05) is 16.7 Å². The van der Waals surface area contributed by atoms with Gasteiger partial charge in [-0.25, -0.2) is 4.79 Å². The number of ether oxygens (including phenoxy) is 1. The summed E-state index contributed by atoms with van der Waals surface area (Å²) >= 11 is 0. The monoisotopic (exact) mass is 257 g/mol. The Morgan fingerprint density at radius 3 is 2.22 bits per heavy atom. The summed E-state index contributed by atoms with van der Waals surface area (Å²) in [6.07, 6.45) is 1.79. The highest BCUT2D eigenvalue weighted by atomic mass is 16.5. The summed E-state index contributed by atoms with van der Waals surface area (Å²) in [7, 11) is 0. The Balaban J connectivity index is 2.82. The summed E-state index contributed by atoms with van der Waals surface area (Å²) < 4.78 is 5.29. The predicted octanol–water partition coefficient (Wildman–Crippen LogP) is 1.28. The van der Waals surface area contributed by atoms with E-state index in [-0.39, 0.29) is 11.6 Å². The van der Waals surface area contributed by atoms with Crippen molar-refractivity contribution in [3.8, 4) is 0 Å². The van der Waals surface area contributed by atoms with Crippen LogP contribution in [0.4, 0.5) is 4.79 Å². The second-order valence-corrected chi connectivity index (χ2v) is 4.76. The number of hydrogen-bond acceptors (Lipinski definition) is 3. The summed E-state index contributed by atoms with van der Waals surface area (Å²) in [6, 6.07) is 0.106. The number of hydrogen-bond donors (Lipinski definition) is 1. The number of morpholine rings is 1. The third kappa shape index (κ3) is 2.95. The first kappa shape index (κ1) is 15.2. The third-order valence-corrected chi connectivity index (χ3v) is 4.10. The van der Waals surface area contributed by atoms with E-state index in [2.05, 4.69) is 13.8 Å². The van der Waals surface area contributed by atoms with Gasteiger partial charge in [0.1, 0.15) is 0 Å². The van der Waals surface area contributed by atoms with E-state index in [9.17, 15) is 4.79 Å². The molecular formula is C13H27N3O2. The molecule has 5 heteroatoms. The average molecular weight is 257 g/mol. The van der Waals surface area contributed by atoms with Crippen molar-refractivity contribution < 1.29 is 9.53 Å². The molecule has 0 saturated carbocycles. The number of likely N-dealkylation sites (N-methyl/N-ethyl adjacent to an activating group) is 1. The van der Waals surface area contributed by atoms with E-state index in [4.69, 9.17) is 10.5 Å². The molecule has 0 atom stereocenters. The third-order valence-electron chi connectivity index (χ3n) is 4.10. The van der Waals surface area contributed by atoms with E-state index in [1.54, 1.807) is 0 Å². The van der Waals surface area contributed by atoms with Gasteiger partial charge in [-0.05, 0) is 19.8 Å². The quantitative estimate of drug-likeness (QED) is 0.807. The van der Waals surface area contributed by atoms with Gasteiger partial charge in [0.05, 0.1) is 18.8 Å². The number of nitrogens with zero attached hydrogens (tertiary/aromatic N) is 2. The Kier molecular flexibility index (Phi) is 5.88. The molecule has 2 amide bonds. The van der Waals surface area contributed by atoms with E-state index < -0.39 is 0 Å². The van der Waals surface area contributed by atoms with E-state index in [0.29, 0.717) is 39.4 Å².